The van der Waals surface area contributed by atoms with Crippen molar-refractivity contribution in [1.82, 2.24) is 5.32 Å². The number of thiophene rings is 1. The van der Waals surface area contributed by atoms with Gasteiger partial charge in [-0.15, -0.1) is 11.3 Å². The number of ether oxygens (including phenoxy) is 2. The van der Waals surface area contributed by atoms with Crippen LogP contribution in [0.2, 0.25) is 5.02 Å². The number of urea groups is 1. The predicted octanol–water partition coefficient (Wildman–Crippen LogP) is 5.21. The molecule has 0 saturated carbocycles. The van der Waals surface area contributed by atoms with Crippen molar-refractivity contribution in [1.29, 1.82) is 0 Å². The van der Waals surface area contributed by atoms with Crippen molar-refractivity contribution in [2.45, 2.75) is 46.6 Å². The lowest BCUT2D eigenvalue weighted by atomic mass is 10.1. The molecule has 0 spiro atoms. The second-order valence-corrected chi connectivity index (χ2v) is 9.13. The Bertz CT molecular complexity index is 965. The minimum atomic E-state index is -0.693. The molecule has 0 saturated heterocycles. The third-order valence-corrected chi connectivity index (χ3v) is 5.63. The number of rotatable bonds is 7. The van der Waals surface area contributed by atoms with E-state index in [1.54, 1.807) is 40.7 Å². The van der Waals surface area contributed by atoms with Crippen LogP contribution < -0.4 is 10.6 Å². The largest absolute Gasteiger partial charge is 0.462 e. The second kappa shape index (κ2) is 10.6. The number of esters is 2. The zero-order valence-electron chi connectivity index (χ0n) is 18.3. The minimum Gasteiger partial charge on any atom is -0.462 e. The Hall–Kier alpha value is -2.58. The Labute approximate surface area is 191 Å². The molecule has 2 N–H and O–H groups in total. The lowest BCUT2D eigenvalue weighted by Gasteiger charge is -2.19. The first-order chi connectivity index (χ1) is 14.5. The van der Waals surface area contributed by atoms with Crippen molar-refractivity contribution in [3.63, 3.8) is 0 Å². The number of hydrogen-bond acceptors (Lipinski definition) is 6. The van der Waals surface area contributed by atoms with E-state index in [1.807, 2.05) is 18.2 Å². The first-order valence-electron chi connectivity index (χ1n) is 9.85. The Morgan fingerprint density at radius 2 is 1.81 bits per heavy atom. The van der Waals surface area contributed by atoms with Gasteiger partial charge in [0.1, 0.15) is 15.5 Å². The van der Waals surface area contributed by atoms with Crippen LogP contribution in [-0.4, -0.2) is 36.7 Å². The van der Waals surface area contributed by atoms with E-state index < -0.39 is 23.6 Å². The molecule has 31 heavy (non-hydrogen) atoms. The van der Waals surface area contributed by atoms with E-state index in [-0.39, 0.29) is 22.0 Å². The molecule has 0 unspecified atom stereocenters. The van der Waals surface area contributed by atoms with Crippen LogP contribution in [0, 0.1) is 6.92 Å². The molecule has 0 aliphatic heterocycles. The molecule has 2 aromatic rings. The number of carbonyl (C=O) groups excluding carboxylic acids is 3. The van der Waals surface area contributed by atoms with Crippen LogP contribution in [0.1, 0.15) is 58.9 Å². The fourth-order valence-electron chi connectivity index (χ4n) is 2.73. The molecule has 168 valence electrons. The molecule has 2 amide bonds. The quantitative estimate of drug-likeness (QED) is 0.546. The SMILES string of the molecule is CCOC(=O)c1c(NC(=O)NCCc2ccccc2Cl)sc(C(=O)OC(C)(C)C)c1C. The Morgan fingerprint density at radius 1 is 1.13 bits per heavy atom. The van der Waals surface area contributed by atoms with E-state index in [4.69, 9.17) is 21.1 Å². The zero-order chi connectivity index (χ0) is 23.2. The van der Waals surface area contributed by atoms with Gasteiger partial charge in [-0.25, -0.2) is 14.4 Å². The van der Waals surface area contributed by atoms with Crippen LogP contribution in [0.4, 0.5) is 9.80 Å². The molecule has 7 nitrogen and oxygen atoms in total. The van der Waals surface area contributed by atoms with Gasteiger partial charge in [0.05, 0.1) is 12.2 Å². The Kier molecular flexibility index (Phi) is 8.47. The van der Waals surface area contributed by atoms with E-state index in [2.05, 4.69) is 10.6 Å². The summed E-state index contributed by atoms with van der Waals surface area (Å²) < 4.78 is 10.5. The molecule has 2 rings (SSSR count). The Balaban J connectivity index is 2.16. The molecule has 1 aromatic heterocycles. The highest BCUT2D eigenvalue weighted by Crippen LogP contribution is 2.35. The number of halogens is 1. The number of nitrogens with one attached hydrogen (secondary N) is 2. The monoisotopic (exact) mass is 466 g/mol. The maximum atomic E-state index is 12.6. The molecule has 0 aliphatic rings. The maximum absolute atomic E-state index is 12.6. The highest BCUT2D eigenvalue weighted by Gasteiger charge is 2.29. The fraction of sp³-hybridized carbons (Fsp3) is 0.409. The van der Waals surface area contributed by atoms with Gasteiger partial charge >= 0.3 is 18.0 Å². The molecular weight excluding hydrogens is 440 g/mol. The second-order valence-electron chi connectivity index (χ2n) is 7.70. The summed E-state index contributed by atoms with van der Waals surface area (Å²) in [7, 11) is 0. The van der Waals surface area contributed by atoms with Gasteiger partial charge in [-0.2, -0.15) is 0 Å². The highest BCUT2D eigenvalue weighted by molar-refractivity contribution is 7.18. The molecule has 0 atom stereocenters. The van der Waals surface area contributed by atoms with Crippen LogP contribution in [0.5, 0.6) is 0 Å². The van der Waals surface area contributed by atoms with Gasteiger partial charge in [-0.3, -0.25) is 5.32 Å². The molecule has 1 heterocycles. The molecule has 1 aromatic carbocycles. The van der Waals surface area contributed by atoms with Gasteiger partial charge in [0, 0.05) is 11.6 Å². The third kappa shape index (κ3) is 6.97. The van der Waals surface area contributed by atoms with Crippen LogP contribution in [0.3, 0.4) is 0 Å². The summed E-state index contributed by atoms with van der Waals surface area (Å²) in [5, 5.41) is 6.25. The maximum Gasteiger partial charge on any atom is 0.349 e. The predicted molar refractivity (Wildman–Crippen MR) is 122 cm³/mol. The van der Waals surface area contributed by atoms with Gasteiger partial charge in [0.2, 0.25) is 0 Å². The van der Waals surface area contributed by atoms with Gasteiger partial charge < -0.3 is 14.8 Å². The van der Waals surface area contributed by atoms with Crippen molar-refractivity contribution in [3.05, 3.63) is 50.9 Å². The molecule has 0 radical (unpaired) electrons. The van der Waals surface area contributed by atoms with Crippen molar-refractivity contribution in [2.75, 3.05) is 18.5 Å². The summed E-state index contributed by atoms with van der Waals surface area (Å²) in [4.78, 5) is 37.7. The van der Waals surface area contributed by atoms with Crippen molar-refractivity contribution in [3.8, 4) is 0 Å². The summed E-state index contributed by atoms with van der Waals surface area (Å²) in [6.07, 6.45) is 0.546. The normalized spacial score (nSPS) is 11.0. The standard InChI is InChI=1S/C22H27ClN2O5S/c1-6-29-19(26)16-13(2)17(20(27)30-22(3,4)5)31-18(16)25-21(28)24-12-11-14-9-7-8-10-15(14)23/h7-10H,6,11-12H2,1-5H3,(H2,24,25,28). The third-order valence-electron chi connectivity index (χ3n) is 4.08. The average Bonchev–Trinajstić information content (AvgIpc) is 2.98. The first-order valence-corrected chi connectivity index (χ1v) is 11.0. The number of carbonyl (C=O) groups is 3. The van der Waals surface area contributed by atoms with Crippen LogP contribution >= 0.6 is 22.9 Å². The lowest BCUT2D eigenvalue weighted by Crippen LogP contribution is -2.30. The van der Waals surface area contributed by atoms with Crippen LogP contribution in [0.25, 0.3) is 0 Å². The van der Waals surface area contributed by atoms with E-state index >= 15 is 0 Å². The molecule has 0 aliphatic carbocycles. The summed E-state index contributed by atoms with van der Waals surface area (Å²) in [5.41, 5.74) is 0.773. The Morgan fingerprint density at radius 3 is 2.42 bits per heavy atom. The van der Waals surface area contributed by atoms with Gasteiger partial charge in [-0.05, 0) is 58.2 Å². The molecule has 0 fully saturated rings. The van der Waals surface area contributed by atoms with Crippen molar-refractivity contribution >= 4 is 45.9 Å². The van der Waals surface area contributed by atoms with Crippen molar-refractivity contribution < 1.29 is 23.9 Å². The number of amides is 2. The summed E-state index contributed by atoms with van der Waals surface area (Å²) in [5.74, 6) is -1.18. The number of hydrogen-bond donors (Lipinski definition) is 2. The molecule has 9 heteroatoms. The van der Waals surface area contributed by atoms with E-state index in [0.29, 0.717) is 23.6 Å². The van der Waals surface area contributed by atoms with Gasteiger partial charge in [0.25, 0.3) is 0 Å². The fourth-order valence-corrected chi connectivity index (χ4v) is 4.03. The first kappa shape index (κ1) is 24.7. The molecular formula is C22H27ClN2O5S. The van der Waals surface area contributed by atoms with Crippen molar-refractivity contribution in [2.24, 2.45) is 0 Å². The summed E-state index contributed by atoms with van der Waals surface area (Å²) in [6, 6.07) is 6.88. The van der Waals surface area contributed by atoms with E-state index in [0.717, 1.165) is 16.9 Å². The number of anilines is 1. The van der Waals surface area contributed by atoms with Crippen LogP contribution in [-0.2, 0) is 15.9 Å². The summed E-state index contributed by atoms with van der Waals surface area (Å²) >= 11 is 7.11. The zero-order valence-corrected chi connectivity index (χ0v) is 19.8. The van der Waals surface area contributed by atoms with E-state index in [1.165, 1.54) is 0 Å². The van der Waals surface area contributed by atoms with Gasteiger partial charge in [-0.1, -0.05) is 29.8 Å². The average molecular weight is 467 g/mol. The smallest absolute Gasteiger partial charge is 0.349 e. The summed E-state index contributed by atoms with van der Waals surface area (Å²) in [6.45, 7) is 9.08. The lowest BCUT2D eigenvalue weighted by molar-refractivity contribution is 0.00744. The van der Waals surface area contributed by atoms with E-state index in [9.17, 15) is 14.4 Å². The number of benzene rings is 1. The molecule has 0 bridgehead atoms. The van der Waals surface area contributed by atoms with Crippen LogP contribution in [0.15, 0.2) is 24.3 Å². The van der Waals surface area contributed by atoms with Gasteiger partial charge in [0.15, 0.2) is 0 Å². The topological polar surface area (TPSA) is 93.7 Å². The minimum absolute atomic E-state index is 0.147. The highest BCUT2D eigenvalue weighted by atomic mass is 35.5.